The average molecular weight is 281 g/mol. The number of nitrogens with two attached hydrogens (primary N) is 1. The van der Waals surface area contributed by atoms with Crippen molar-refractivity contribution in [3.63, 3.8) is 0 Å². The highest BCUT2D eigenvalue weighted by Gasteiger charge is 2.46. The molecule has 1 saturated heterocycles. The first kappa shape index (κ1) is 14.5. The Balaban J connectivity index is 2.19. The number of urea groups is 1. The van der Waals surface area contributed by atoms with E-state index in [0.29, 0.717) is 0 Å². The summed E-state index contributed by atoms with van der Waals surface area (Å²) < 4.78 is 0. The van der Waals surface area contributed by atoms with E-state index in [-0.39, 0.29) is 12.3 Å². The molecular weight excluding hydrogens is 262 g/mol. The number of barbiturate groups is 1. The number of amides is 5. The van der Waals surface area contributed by atoms with Crippen molar-refractivity contribution in [3.05, 3.63) is 0 Å². The zero-order valence-electron chi connectivity index (χ0n) is 11.4. The first-order valence-electron chi connectivity index (χ1n) is 6.88. The molecule has 110 valence electrons. The average Bonchev–Trinajstić information content (AvgIpc) is 2.80. The van der Waals surface area contributed by atoms with Gasteiger partial charge in [0.25, 0.3) is 0 Å². The topological polar surface area (TPSA) is 110 Å². The molecule has 0 spiro atoms. The Morgan fingerprint density at radius 1 is 1.35 bits per heavy atom. The molecule has 0 bridgehead atoms. The molecule has 7 heteroatoms. The molecule has 2 rings (SSSR count). The van der Waals surface area contributed by atoms with E-state index in [1.54, 1.807) is 6.92 Å². The molecule has 0 radical (unpaired) electrons. The molecule has 1 saturated carbocycles. The van der Waals surface area contributed by atoms with Gasteiger partial charge in [0, 0.05) is 12.5 Å². The van der Waals surface area contributed by atoms with Crippen LogP contribution in [0.1, 0.15) is 39.0 Å². The predicted molar refractivity (Wildman–Crippen MR) is 69.1 cm³/mol. The highest BCUT2D eigenvalue weighted by molar-refractivity contribution is 6.16. The van der Waals surface area contributed by atoms with Crippen LogP contribution in [-0.4, -0.2) is 34.7 Å². The lowest BCUT2D eigenvalue weighted by Gasteiger charge is -2.35. The summed E-state index contributed by atoms with van der Waals surface area (Å²) in [5, 5.41) is 2.22. The van der Waals surface area contributed by atoms with Crippen LogP contribution in [0.2, 0.25) is 0 Å². The summed E-state index contributed by atoms with van der Waals surface area (Å²) in [6, 6.07) is -1.40. The van der Waals surface area contributed by atoms with Crippen molar-refractivity contribution < 1.29 is 19.2 Å². The summed E-state index contributed by atoms with van der Waals surface area (Å²) in [5.41, 5.74) is 5.10. The maximum Gasteiger partial charge on any atom is 0.331 e. The van der Waals surface area contributed by atoms with Gasteiger partial charge in [-0.3, -0.25) is 24.6 Å². The molecule has 0 aromatic rings. The number of hydrogen-bond acceptors (Lipinski definition) is 4. The lowest BCUT2D eigenvalue weighted by molar-refractivity contribution is -0.146. The second kappa shape index (κ2) is 5.60. The zero-order chi connectivity index (χ0) is 14.9. The number of nitrogens with zero attached hydrogens (tertiary/aromatic N) is 1. The summed E-state index contributed by atoms with van der Waals surface area (Å²) in [6.07, 6.45) is 3.51. The van der Waals surface area contributed by atoms with E-state index in [9.17, 15) is 19.2 Å². The number of nitrogens with one attached hydrogen (secondary N) is 1. The van der Waals surface area contributed by atoms with Crippen LogP contribution in [0.5, 0.6) is 0 Å². The molecule has 1 heterocycles. The Kier molecular flexibility index (Phi) is 4.06. The number of rotatable bonds is 4. The minimum absolute atomic E-state index is 0.0149. The van der Waals surface area contributed by atoms with Gasteiger partial charge in [-0.2, -0.15) is 0 Å². The van der Waals surface area contributed by atoms with Crippen molar-refractivity contribution in [1.29, 1.82) is 0 Å². The van der Waals surface area contributed by atoms with Crippen molar-refractivity contribution >= 4 is 23.8 Å². The smallest absolute Gasteiger partial charge is 0.331 e. The van der Waals surface area contributed by atoms with Crippen LogP contribution in [-0.2, 0) is 14.4 Å². The van der Waals surface area contributed by atoms with Gasteiger partial charge in [-0.1, -0.05) is 12.8 Å². The molecule has 2 aliphatic rings. The van der Waals surface area contributed by atoms with Gasteiger partial charge in [0.05, 0.1) is 0 Å². The van der Waals surface area contributed by atoms with Gasteiger partial charge in [-0.15, -0.1) is 0 Å². The van der Waals surface area contributed by atoms with E-state index in [0.717, 1.165) is 30.6 Å². The standard InChI is InChI=1S/C13H19N3O4/c1-7(6-9(14)17)16-12(19)10(8-4-2-3-5-8)11(18)15-13(16)20/h7-8,10H,2-6H2,1H3,(H2,14,17)(H,15,18,20). The molecule has 7 nitrogen and oxygen atoms in total. The third-order valence-electron chi connectivity index (χ3n) is 4.04. The molecule has 1 aliphatic heterocycles. The summed E-state index contributed by atoms with van der Waals surface area (Å²) in [6.45, 7) is 1.57. The van der Waals surface area contributed by atoms with E-state index in [1.807, 2.05) is 0 Å². The van der Waals surface area contributed by atoms with E-state index in [4.69, 9.17) is 5.73 Å². The predicted octanol–water partition coefficient (Wildman–Crippen LogP) is 0.135. The third-order valence-corrected chi connectivity index (χ3v) is 4.04. The molecular formula is C13H19N3O4. The normalized spacial score (nSPS) is 25.8. The van der Waals surface area contributed by atoms with Crippen molar-refractivity contribution in [1.82, 2.24) is 10.2 Å². The summed E-state index contributed by atoms with van der Waals surface area (Å²) in [7, 11) is 0. The molecule has 0 aromatic heterocycles. The second-order valence-electron chi connectivity index (χ2n) is 5.54. The quantitative estimate of drug-likeness (QED) is 0.714. The highest BCUT2D eigenvalue weighted by atomic mass is 16.2. The van der Waals surface area contributed by atoms with Crippen LogP contribution in [0, 0.1) is 11.8 Å². The number of hydrogen-bond donors (Lipinski definition) is 2. The lowest BCUT2D eigenvalue weighted by Crippen LogP contribution is -2.62. The molecule has 2 atom stereocenters. The van der Waals surface area contributed by atoms with Crippen LogP contribution < -0.4 is 11.1 Å². The summed E-state index contributed by atoms with van der Waals surface area (Å²) in [5.74, 6) is -2.44. The monoisotopic (exact) mass is 281 g/mol. The van der Waals surface area contributed by atoms with Gasteiger partial charge in [-0.05, 0) is 25.7 Å². The van der Waals surface area contributed by atoms with Crippen molar-refractivity contribution in [2.45, 2.75) is 45.1 Å². The van der Waals surface area contributed by atoms with Crippen LogP contribution in [0.25, 0.3) is 0 Å². The molecule has 5 amide bonds. The maximum absolute atomic E-state index is 12.4. The first-order chi connectivity index (χ1) is 9.41. The fourth-order valence-electron chi connectivity index (χ4n) is 3.11. The molecule has 2 fully saturated rings. The van der Waals surface area contributed by atoms with Crippen LogP contribution in [0.4, 0.5) is 4.79 Å². The zero-order valence-corrected chi connectivity index (χ0v) is 11.4. The Labute approximate surface area is 116 Å². The van der Waals surface area contributed by atoms with Crippen molar-refractivity contribution in [3.8, 4) is 0 Å². The van der Waals surface area contributed by atoms with E-state index < -0.39 is 35.7 Å². The Hall–Kier alpha value is -1.92. The van der Waals surface area contributed by atoms with Gasteiger partial charge in [-0.25, -0.2) is 4.79 Å². The minimum Gasteiger partial charge on any atom is -0.370 e. The number of carbonyl (C=O) groups excluding carboxylic acids is 4. The molecule has 20 heavy (non-hydrogen) atoms. The Bertz CT molecular complexity index is 457. The minimum atomic E-state index is -0.814. The third kappa shape index (κ3) is 2.66. The Morgan fingerprint density at radius 2 is 1.95 bits per heavy atom. The lowest BCUT2D eigenvalue weighted by atomic mass is 9.87. The Morgan fingerprint density at radius 3 is 2.50 bits per heavy atom. The molecule has 3 N–H and O–H groups in total. The summed E-state index contributed by atoms with van der Waals surface area (Å²) in [4.78, 5) is 48.1. The first-order valence-corrected chi connectivity index (χ1v) is 6.88. The molecule has 2 unspecified atom stereocenters. The SMILES string of the molecule is CC(CC(N)=O)N1C(=O)NC(=O)C(C2CCCC2)C1=O. The summed E-state index contributed by atoms with van der Waals surface area (Å²) >= 11 is 0. The van der Waals surface area contributed by atoms with Gasteiger partial charge < -0.3 is 5.73 Å². The van der Waals surface area contributed by atoms with Crippen LogP contribution >= 0.6 is 0 Å². The fraction of sp³-hybridized carbons (Fsp3) is 0.692. The van der Waals surface area contributed by atoms with Gasteiger partial charge in [0.1, 0.15) is 5.92 Å². The second-order valence-corrected chi connectivity index (χ2v) is 5.54. The van der Waals surface area contributed by atoms with E-state index >= 15 is 0 Å². The van der Waals surface area contributed by atoms with E-state index in [2.05, 4.69) is 5.32 Å². The number of carbonyl (C=O) groups is 4. The van der Waals surface area contributed by atoms with Crippen molar-refractivity contribution in [2.24, 2.45) is 17.6 Å². The number of primary amides is 1. The highest BCUT2D eigenvalue weighted by Crippen LogP contribution is 2.34. The number of imide groups is 2. The van der Waals surface area contributed by atoms with Gasteiger partial charge in [0.2, 0.25) is 17.7 Å². The fourth-order valence-corrected chi connectivity index (χ4v) is 3.11. The molecule has 0 aromatic carbocycles. The van der Waals surface area contributed by atoms with E-state index in [1.165, 1.54) is 0 Å². The van der Waals surface area contributed by atoms with Crippen molar-refractivity contribution in [2.75, 3.05) is 0 Å². The van der Waals surface area contributed by atoms with Crippen LogP contribution in [0.3, 0.4) is 0 Å². The van der Waals surface area contributed by atoms with Gasteiger partial charge in [0.15, 0.2) is 0 Å². The largest absolute Gasteiger partial charge is 0.370 e. The van der Waals surface area contributed by atoms with Gasteiger partial charge >= 0.3 is 6.03 Å². The molecule has 1 aliphatic carbocycles. The van der Waals surface area contributed by atoms with Crippen LogP contribution in [0.15, 0.2) is 0 Å². The maximum atomic E-state index is 12.4.